The van der Waals surface area contributed by atoms with Crippen molar-refractivity contribution in [2.45, 2.75) is 6.54 Å². The van der Waals surface area contributed by atoms with E-state index in [0.717, 1.165) is 11.1 Å². The minimum Gasteiger partial charge on any atom is -0.480 e. The van der Waals surface area contributed by atoms with E-state index >= 15 is 0 Å². The fourth-order valence-electron chi connectivity index (χ4n) is 2.27. The van der Waals surface area contributed by atoms with Crippen LogP contribution in [0.2, 0.25) is 0 Å². The molecule has 1 aromatic heterocycles. The largest absolute Gasteiger partial charge is 0.480 e. The van der Waals surface area contributed by atoms with Crippen molar-refractivity contribution in [2.75, 3.05) is 5.73 Å². The Morgan fingerprint density at radius 3 is 2.60 bits per heavy atom. The summed E-state index contributed by atoms with van der Waals surface area (Å²) in [4.78, 5) is 15.6. The maximum absolute atomic E-state index is 11.1. The Bertz CT molecular complexity index is 778. The van der Waals surface area contributed by atoms with E-state index < -0.39 is 5.97 Å². The number of imidazole rings is 1. The molecule has 0 unspecified atom stereocenters. The molecule has 20 heavy (non-hydrogen) atoms. The predicted molar refractivity (Wildman–Crippen MR) is 77.2 cm³/mol. The number of fused-ring (bicyclic) bond motifs is 1. The minimum absolute atomic E-state index is 0.149. The molecule has 3 rings (SSSR count). The Balaban J connectivity index is 2.30. The van der Waals surface area contributed by atoms with Gasteiger partial charge < -0.3 is 15.4 Å². The van der Waals surface area contributed by atoms with Gasteiger partial charge in [-0.05, 0) is 12.1 Å². The van der Waals surface area contributed by atoms with Crippen LogP contribution < -0.4 is 5.73 Å². The van der Waals surface area contributed by atoms with Crippen LogP contribution in [0.5, 0.6) is 0 Å². The minimum atomic E-state index is -0.913. The molecule has 3 N–H and O–H groups in total. The van der Waals surface area contributed by atoms with E-state index in [1.54, 1.807) is 16.7 Å². The third-order valence-corrected chi connectivity index (χ3v) is 3.14. The zero-order chi connectivity index (χ0) is 14.1. The van der Waals surface area contributed by atoms with E-state index in [4.69, 9.17) is 10.8 Å². The lowest BCUT2D eigenvalue weighted by Gasteiger charge is -2.06. The molecule has 0 bridgehead atoms. The number of nitrogens with zero attached hydrogens (tertiary/aromatic N) is 2. The molecule has 100 valence electrons. The summed E-state index contributed by atoms with van der Waals surface area (Å²) in [5, 5.41) is 9.11. The number of carbonyl (C=O) groups is 1. The molecular weight excluding hydrogens is 254 g/mol. The number of aliphatic carboxylic acids is 1. The van der Waals surface area contributed by atoms with Crippen molar-refractivity contribution >= 4 is 22.7 Å². The van der Waals surface area contributed by atoms with Crippen LogP contribution in [0.15, 0.2) is 48.5 Å². The zero-order valence-electron chi connectivity index (χ0n) is 10.7. The summed E-state index contributed by atoms with van der Waals surface area (Å²) in [6, 6.07) is 14.9. The average Bonchev–Trinajstić information content (AvgIpc) is 2.80. The van der Waals surface area contributed by atoms with Crippen LogP contribution in [0.25, 0.3) is 22.4 Å². The van der Waals surface area contributed by atoms with Gasteiger partial charge in [0.05, 0.1) is 11.2 Å². The van der Waals surface area contributed by atoms with Crippen molar-refractivity contribution < 1.29 is 9.90 Å². The monoisotopic (exact) mass is 267 g/mol. The van der Waals surface area contributed by atoms with Gasteiger partial charge in [0, 0.05) is 5.56 Å². The van der Waals surface area contributed by atoms with Crippen molar-refractivity contribution in [1.29, 1.82) is 0 Å². The van der Waals surface area contributed by atoms with Crippen LogP contribution in [-0.4, -0.2) is 20.6 Å². The van der Waals surface area contributed by atoms with E-state index in [1.807, 2.05) is 36.4 Å². The summed E-state index contributed by atoms with van der Waals surface area (Å²) >= 11 is 0. The highest BCUT2D eigenvalue weighted by atomic mass is 16.4. The number of carboxylic acid groups (broad SMARTS) is 1. The molecule has 0 atom stereocenters. The number of nitrogens with two attached hydrogens (primary N) is 1. The number of hydrogen-bond acceptors (Lipinski definition) is 3. The molecule has 0 fully saturated rings. The van der Waals surface area contributed by atoms with Gasteiger partial charge in [0.25, 0.3) is 0 Å². The summed E-state index contributed by atoms with van der Waals surface area (Å²) in [7, 11) is 0. The Hall–Kier alpha value is -2.82. The van der Waals surface area contributed by atoms with Crippen LogP contribution in [0.1, 0.15) is 0 Å². The molecule has 5 nitrogen and oxygen atoms in total. The van der Waals surface area contributed by atoms with Gasteiger partial charge in [0.2, 0.25) is 0 Å². The van der Waals surface area contributed by atoms with Crippen molar-refractivity contribution in [3.8, 4) is 11.4 Å². The molecule has 1 heterocycles. The normalized spacial score (nSPS) is 10.8. The molecule has 3 aromatic rings. The first-order valence-corrected chi connectivity index (χ1v) is 6.19. The molecule has 0 aliphatic heterocycles. The third-order valence-electron chi connectivity index (χ3n) is 3.14. The standard InChI is InChI=1S/C15H13N3O2/c16-11-7-4-8-12-14(11)17-15(18(12)9-13(19)20)10-5-2-1-3-6-10/h1-8H,9,16H2,(H,19,20). The highest BCUT2D eigenvalue weighted by Gasteiger charge is 2.15. The summed E-state index contributed by atoms with van der Waals surface area (Å²) < 4.78 is 1.67. The topological polar surface area (TPSA) is 81.1 Å². The van der Waals surface area contributed by atoms with E-state index in [2.05, 4.69) is 4.98 Å². The lowest BCUT2D eigenvalue weighted by molar-refractivity contribution is -0.137. The van der Waals surface area contributed by atoms with Crippen LogP contribution in [0, 0.1) is 0 Å². The Labute approximate surface area is 115 Å². The number of nitrogen functional groups attached to an aromatic ring is 1. The van der Waals surface area contributed by atoms with Crippen molar-refractivity contribution in [2.24, 2.45) is 0 Å². The second-order valence-corrected chi connectivity index (χ2v) is 4.50. The van der Waals surface area contributed by atoms with Crippen molar-refractivity contribution in [3.63, 3.8) is 0 Å². The number of hydrogen-bond donors (Lipinski definition) is 2. The van der Waals surface area contributed by atoms with Gasteiger partial charge in [-0.3, -0.25) is 4.79 Å². The first-order chi connectivity index (χ1) is 9.66. The first kappa shape index (κ1) is 12.2. The molecular formula is C15H13N3O2. The SMILES string of the molecule is Nc1cccc2c1nc(-c1ccccc1)n2CC(=O)O. The van der Waals surface area contributed by atoms with Crippen LogP contribution in [-0.2, 0) is 11.3 Å². The summed E-state index contributed by atoms with van der Waals surface area (Å²) in [5.74, 6) is -0.301. The Morgan fingerprint density at radius 1 is 1.15 bits per heavy atom. The zero-order valence-corrected chi connectivity index (χ0v) is 10.7. The van der Waals surface area contributed by atoms with E-state index in [9.17, 15) is 4.79 Å². The quantitative estimate of drug-likeness (QED) is 0.714. The summed E-state index contributed by atoms with van der Waals surface area (Å²) in [6.07, 6.45) is 0. The lowest BCUT2D eigenvalue weighted by atomic mass is 10.2. The second kappa shape index (κ2) is 4.70. The average molecular weight is 267 g/mol. The van der Waals surface area contributed by atoms with Gasteiger partial charge >= 0.3 is 5.97 Å². The summed E-state index contributed by atoms with van der Waals surface area (Å²) in [5.41, 5.74) is 8.69. The van der Waals surface area contributed by atoms with Gasteiger partial charge in [-0.25, -0.2) is 4.98 Å². The molecule has 0 radical (unpaired) electrons. The fraction of sp³-hybridized carbons (Fsp3) is 0.0667. The Morgan fingerprint density at radius 2 is 1.90 bits per heavy atom. The molecule has 0 aliphatic rings. The number of benzene rings is 2. The van der Waals surface area contributed by atoms with Gasteiger partial charge in [-0.15, -0.1) is 0 Å². The predicted octanol–water partition coefficient (Wildman–Crippen LogP) is 2.37. The summed E-state index contributed by atoms with van der Waals surface area (Å²) in [6.45, 7) is -0.149. The molecule has 0 saturated carbocycles. The van der Waals surface area contributed by atoms with Gasteiger partial charge in [0.1, 0.15) is 17.9 Å². The first-order valence-electron chi connectivity index (χ1n) is 6.19. The number of para-hydroxylation sites is 1. The molecule has 0 spiro atoms. The molecule has 0 amide bonds. The molecule has 5 heteroatoms. The second-order valence-electron chi connectivity index (χ2n) is 4.50. The number of rotatable bonds is 3. The van der Waals surface area contributed by atoms with Crippen LogP contribution >= 0.6 is 0 Å². The molecule has 0 saturated heterocycles. The highest BCUT2D eigenvalue weighted by Crippen LogP contribution is 2.27. The fourth-order valence-corrected chi connectivity index (χ4v) is 2.27. The third kappa shape index (κ3) is 1.99. The van der Waals surface area contributed by atoms with Crippen molar-refractivity contribution in [3.05, 3.63) is 48.5 Å². The van der Waals surface area contributed by atoms with Crippen molar-refractivity contribution in [1.82, 2.24) is 9.55 Å². The molecule has 2 aromatic carbocycles. The van der Waals surface area contributed by atoms with Gasteiger partial charge in [-0.2, -0.15) is 0 Å². The maximum atomic E-state index is 11.1. The van der Waals surface area contributed by atoms with Crippen LogP contribution in [0.3, 0.4) is 0 Å². The lowest BCUT2D eigenvalue weighted by Crippen LogP contribution is -2.10. The maximum Gasteiger partial charge on any atom is 0.323 e. The number of anilines is 1. The number of carboxylic acids is 1. The molecule has 0 aliphatic carbocycles. The van der Waals surface area contributed by atoms with Crippen LogP contribution in [0.4, 0.5) is 5.69 Å². The van der Waals surface area contributed by atoms with Gasteiger partial charge in [-0.1, -0.05) is 36.4 Å². The van der Waals surface area contributed by atoms with E-state index in [0.29, 0.717) is 17.0 Å². The number of aromatic nitrogens is 2. The smallest absolute Gasteiger partial charge is 0.323 e. The van der Waals surface area contributed by atoms with E-state index in [1.165, 1.54) is 0 Å². The van der Waals surface area contributed by atoms with Gasteiger partial charge in [0.15, 0.2) is 0 Å². The Kier molecular flexibility index (Phi) is 2.87. The highest BCUT2D eigenvalue weighted by molar-refractivity contribution is 5.91. The van der Waals surface area contributed by atoms with E-state index in [-0.39, 0.29) is 6.54 Å².